The van der Waals surface area contributed by atoms with Crippen molar-refractivity contribution in [2.24, 2.45) is 0 Å². The molecule has 2 heteroatoms. The summed E-state index contributed by atoms with van der Waals surface area (Å²) >= 11 is 0. The quantitative estimate of drug-likeness (QED) is 0.362. The first-order valence-corrected chi connectivity index (χ1v) is 8.03. The van der Waals surface area contributed by atoms with Crippen molar-refractivity contribution in [1.29, 1.82) is 0 Å². The molecule has 0 N–H and O–H groups in total. The van der Waals surface area contributed by atoms with E-state index in [0.29, 0.717) is 6.42 Å². The van der Waals surface area contributed by atoms with Crippen molar-refractivity contribution in [2.45, 2.75) is 71.1 Å². The van der Waals surface area contributed by atoms with Crippen LogP contribution in [-0.4, -0.2) is 5.78 Å². The number of hydrogen-bond acceptors (Lipinski definition) is 1. The summed E-state index contributed by atoms with van der Waals surface area (Å²) in [6.07, 6.45) is 11.5. The number of hydrogen-bond donors (Lipinski definition) is 0. The van der Waals surface area contributed by atoms with E-state index in [0.717, 1.165) is 12.8 Å². The summed E-state index contributed by atoms with van der Waals surface area (Å²) in [7, 11) is 0. The molecule has 1 aromatic rings. The Morgan fingerprint density at radius 2 is 1.45 bits per heavy atom. The lowest BCUT2D eigenvalue weighted by Gasteiger charge is -2.03. The molecule has 0 saturated carbocycles. The van der Waals surface area contributed by atoms with Crippen LogP contribution < -0.4 is 0 Å². The van der Waals surface area contributed by atoms with Crippen LogP contribution in [0.3, 0.4) is 0 Å². The van der Waals surface area contributed by atoms with Gasteiger partial charge in [-0.3, -0.25) is 4.79 Å². The molecule has 0 radical (unpaired) electrons. The van der Waals surface area contributed by atoms with Crippen LogP contribution >= 0.6 is 0 Å². The smallest absolute Gasteiger partial charge is 0.165 e. The molecule has 0 aliphatic carbocycles. The first-order valence-electron chi connectivity index (χ1n) is 8.03. The molecule has 1 rings (SSSR count). The zero-order valence-corrected chi connectivity index (χ0v) is 12.7. The molecule has 20 heavy (non-hydrogen) atoms. The van der Waals surface area contributed by atoms with Gasteiger partial charge in [0.2, 0.25) is 0 Å². The highest BCUT2D eigenvalue weighted by atomic mass is 19.1. The van der Waals surface area contributed by atoms with Gasteiger partial charge in [-0.05, 0) is 18.6 Å². The fourth-order valence-corrected chi connectivity index (χ4v) is 2.42. The zero-order valence-electron chi connectivity index (χ0n) is 12.7. The molecule has 112 valence electrons. The van der Waals surface area contributed by atoms with Crippen molar-refractivity contribution in [3.63, 3.8) is 0 Å². The van der Waals surface area contributed by atoms with Crippen LogP contribution in [0.2, 0.25) is 0 Å². The Morgan fingerprint density at radius 1 is 0.900 bits per heavy atom. The molecule has 0 amide bonds. The number of unbranched alkanes of at least 4 members (excludes halogenated alkanes) is 8. The van der Waals surface area contributed by atoms with Crippen LogP contribution in [0, 0.1) is 5.82 Å². The number of benzene rings is 1. The summed E-state index contributed by atoms with van der Waals surface area (Å²) in [5, 5.41) is 0. The average molecular weight is 278 g/mol. The molecule has 0 heterocycles. The van der Waals surface area contributed by atoms with Crippen LogP contribution in [0.5, 0.6) is 0 Å². The fourth-order valence-electron chi connectivity index (χ4n) is 2.42. The average Bonchev–Trinajstić information content (AvgIpc) is 2.46. The van der Waals surface area contributed by atoms with Crippen LogP contribution in [0.15, 0.2) is 24.3 Å². The summed E-state index contributed by atoms with van der Waals surface area (Å²) in [5.41, 5.74) is 0.243. The minimum atomic E-state index is -0.395. The van der Waals surface area contributed by atoms with Crippen LogP contribution in [0.25, 0.3) is 0 Å². The Bertz CT molecular complexity index is 387. The fraction of sp³-hybridized carbons (Fsp3) is 0.611. The molecular formula is C18H27FO. The van der Waals surface area contributed by atoms with Gasteiger partial charge in [0.05, 0.1) is 5.56 Å². The SMILES string of the molecule is CCCCCCCCCCCC(=O)c1ccccc1F. The Labute approximate surface area is 122 Å². The molecule has 0 aliphatic heterocycles. The number of carbonyl (C=O) groups is 1. The van der Waals surface area contributed by atoms with Gasteiger partial charge < -0.3 is 0 Å². The summed E-state index contributed by atoms with van der Waals surface area (Å²) in [6.45, 7) is 2.23. The van der Waals surface area contributed by atoms with Gasteiger partial charge in [-0.25, -0.2) is 4.39 Å². The Morgan fingerprint density at radius 3 is 2.05 bits per heavy atom. The van der Waals surface area contributed by atoms with Gasteiger partial charge in [0, 0.05) is 6.42 Å². The van der Waals surface area contributed by atoms with Gasteiger partial charge >= 0.3 is 0 Å². The second kappa shape index (κ2) is 10.6. The molecule has 0 unspecified atom stereocenters. The van der Waals surface area contributed by atoms with Gasteiger partial charge in [0.1, 0.15) is 5.82 Å². The largest absolute Gasteiger partial charge is 0.294 e. The highest BCUT2D eigenvalue weighted by molar-refractivity contribution is 5.96. The van der Waals surface area contributed by atoms with E-state index in [1.54, 1.807) is 18.2 Å². The van der Waals surface area contributed by atoms with Crippen molar-refractivity contribution in [3.8, 4) is 0 Å². The monoisotopic (exact) mass is 278 g/mol. The minimum Gasteiger partial charge on any atom is -0.294 e. The van der Waals surface area contributed by atoms with E-state index in [1.165, 1.54) is 51.0 Å². The van der Waals surface area contributed by atoms with Gasteiger partial charge in [-0.2, -0.15) is 0 Å². The number of halogens is 1. The van der Waals surface area contributed by atoms with E-state index in [-0.39, 0.29) is 11.3 Å². The third-order valence-electron chi connectivity index (χ3n) is 3.68. The minimum absolute atomic E-state index is 0.0638. The normalized spacial score (nSPS) is 10.7. The first-order chi connectivity index (χ1) is 9.75. The van der Waals surface area contributed by atoms with E-state index in [1.807, 2.05) is 0 Å². The van der Waals surface area contributed by atoms with E-state index in [9.17, 15) is 9.18 Å². The summed E-state index contributed by atoms with van der Waals surface area (Å²) in [4.78, 5) is 11.8. The van der Waals surface area contributed by atoms with E-state index in [4.69, 9.17) is 0 Å². The maximum Gasteiger partial charge on any atom is 0.165 e. The van der Waals surface area contributed by atoms with Crippen molar-refractivity contribution in [2.75, 3.05) is 0 Å². The maximum atomic E-state index is 13.4. The lowest BCUT2D eigenvalue weighted by atomic mass is 10.0. The second-order valence-electron chi connectivity index (χ2n) is 5.48. The van der Waals surface area contributed by atoms with Crippen molar-refractivity contribution in [3.05, 3.63) is 35.6 Å². The van der Waals surface area contributed by atoms with Crippen LogP contribution in [-0.2, 0) is 0 Å². The standard InChI is InChI=1S/C18H27FO/c1-2-3-4-5-6-7-8-9-10-15-18(20)16-13-11-12-14-17(16)19/h11-14H,2-10,15H2,1H3. The number of rotatable bonds is 11. The van der Waals surface area contributed by atoms with Crippen LogP contribution in [0.4, 0.5) is 4.39 Å². The van der Waals surface area contributed by atoms with E-state index in [2.05, 4.69) is 6.92 Å². The van der Waals surface area contributed by atoms with Crippen molar-refractivity contribution < 1.29 is 9.18 Å². The predicted octanol–water partition coefficient (Wildman–Crippen LogP) is 5.93. The summed E-state index contributed by atoms with van der Waals surface area (Å²) < 4.78 is 13.4. The summed E-state index contributed by atoms with van der Waals surface area (Å²) in [5.74, 6) is -0.459. The van der Waals surface area contributed by atoms with Crippen molar-refractivity contribution >= 4 is 5.78 Å². The molecular weight excluding hydrogens is 251 g/mol. The molecule has 1 aromatic carbocycles. The lowest BCUT2D eigenvalue weighted by molar-refractivity contribution is 0.0975. The molecule has 0 spiro atoms. The van der Waals surface area contributed by atoms with Crippen LogP contribution in [0.1, 0.15) is 81.5 Å². The van der Waals surface area contributed by atoms with Gasteiger partial charge in [-0.15, -0.1) is 0 Å². The van der Waals surface area contributed by atoms with Gasteiger partial charge in [0.15, 0.2) is 5.78 Å². The predicted molar refractivity (Wildman–Crippen MR) is 82.6 cm³/mol. The Kier molecular flexibility index (Phi) is 8.93. The van der Waals surface area contributed by atoms with E-state index < -0.39 is 5.82 Å². The molecule has 0 fully saturated rings. The maximum absolute atomic E-state index is 13.4. The highest BCUT2D eigenvalue weighted by Gasteiger charge is 2.09. The molecule has 1 nitrogen and oxygen atoms in total. The summed E-state index contributed by atoms with van der Waals surface area (Å²) in [6, 6.07) is 6.26. The number of carbonyl (C=O) groups excluding carboxylic acids is 1. The van der Waals surface area contributed by atoms with Crippen molar-refractivity contribution in [1.82, 2.24) is 0 Å². The molecule has 0 aromatic heterocycles. The molecule has 0 bridgehead atoms. The molecule has 0 atom stereocenters. The number of ketones is 1. The Balaban J connectivity index is 2.04. The van der Waals surface area contributed by atoms with Gasteiger partial charge in [-0.1, -0.05) is 70.4 Å². The molecule has 0 saturated heterocycles. The topological polar surface area (TPSA) is 17.1 Å². The number of Topliss-reactive ketones (excluding diaryl/α,β-unsaturated/α-hetero) is 1. The Hall–Kier alpha value is -1.18. The third-order valence-corrected chi connectivity index (χ3v) is 3.68. The zero-order chi connectivity index (χ0) is 14.6. The van der Waals surface area contributed by atoms with Gasteiger partial charge in [0.25, 0.3) is 0 Å². The third kappa shape index (κ3) is 6.83. The highest BCUT2D eigenvalue weighted by Crippen LogP contribution is 2.14. The lowest BCUT2D eigenvalue weighted by Crippen LogP contribution is -2.01. The van der Waals surface area contributed by atoms with E-state index >= 15 is 0 Å². The second-order valence-corrected chi connectivity index (χ2v) is 5.48. The molecule has 0 aliphatic rings. The first kappa shape index (κ1) is 16.9.